The summed E-state index contributed by atoms with van der Waals surface area (Å²) in [4.78, 5) is 26.0. The van der Waals surface area contributed by atoms with Gasteiger partial charge in [-0.05, 0) is 36.1 Å². The Kier molecular flexibility index (Phi) is 10.2. The maximum Gasteiger partial charge on any atom is 0.472 e. The Morgan fingerprint density at radius 2 is 1.53 bits per heavy atom. The molecule has 0 radical (unpaired) electrons. The lowest BCUT2D eigenvalue weighted by molar-refractivity contribution is -0.174. The predicted octanol–water partition coefficient (Wildman–Crippen LogP) is 5.98. The number of carbonyl (C=O) groups excluding carboxylic acids is 2. The van der Waals surface area contributed by atoms with Gasteiger partial charge >= 0.3 is 12.1 Å². The molecule has 5 nitrogen and oxygen atoms in total. The summed E-state index contributed by atoms with van der Waals surface area (Å²) in [5.41, 5.74) is 6.08. The van der Waals surface area contributed by atoms with Crippen molar-refractivity contribution < 1.29 is 22.8 Å². The molecule has 0 spiro atoms. The van der Waals surface area contributed by atoms with Crippen molar-refractivity contribution in [2.75, 3.05) is 4.90 Å². The summed E-state index contributed by atoms with van der Waals surface area (Å²) in [7, 11) is 0. The van der Waals surface area contributed by atoms with Crippen molar-refractivity contribution in [3.63, 3.8) is 0 Å². The molecule has 0 saturated heterocycles. The highest BCUT2D eigenvalue weighted by Gasteiger charge is 2.38. The van der Waals surface area contributed by atoms with Crippen molar-refractivity contribution in [3.05, 3.63) is 72.3 Å². The molecule has 2 amide bonds. The van der Waals surface area contributed by atoms with Gasteiger partial charge < -0.3 is 4.90 Å². The van der Waals surface area contributed by atoms with Gasteiger partial charge in [-0.2, -0.15) is 13.2 Å². The SMILES string of the molecule is C=C(NNC(=O)C(F)(F)F)c1ccc(CN(C(=O)C2CCCCC2)c2ccccc2)cc1.CC. The minimum atomic E-state index is -4.98. The van der Waals surface area contributed by atoms with E-state index in [2.05, 4.69) is 12.0 Å². The van der Waals surface area contributed by atoms with Crippen LogP contribution in [0.5, 0.6) is 0 Å². The number of benzene rings is 2. The smallest absolute Gasteiger partial charge is 0.308 e. The second kappa shape index (κ2) is 12.8. The van der Waals surface area contributed by atoms with Gasteiger partial charge in [0, 0.05) is 11.6 Å². The van der Waals surface area contributed by atoms with Gasteiger partial charge in [-0.1, -0.05) is 82.2 Å². The largest absolute Gasteiger partial charge is 0.472 e. The highest BCUT2D eigenvalue weighted by Crippen LogP contribution is 2.29. The number of alkyl halides is 3. The number of amides is 2. The van der Waals surface area contributed by atoms with E-state index < -0.39 is 12.1 Å². The monoisotopic (exact) mass is 475 g/mol. The lowest BCUT2D eigenvalue weighted by atomic mass is 9.88. The fourth-order valence-electron chi connectivity index (χ4n) is 3.74. The van der Waals surface area contributed by atoms with E-state index in [0.29, 0.717) is 12.1 Å². The molecule has 1 saturated carbocycles. The zero-order chi connectivity index (χ0) is 25.1. The molecule has 0 aromatic heterocycles. The Labute approximate surface area is 199 Å². The summed E-state index contributed by atoms with van der Waals surface area (Å²) in [6.07, 6.45) is 0.106. The first-order valence-corrected chi connectivity index (χ1v) is 11.5. The van der Waals surface area contributed by atoms with E-state index in [1.54, 1.807) is 34.6 Å². The number of halogens is 3. The van der Waals surface area contributed by atoms with Crippen molar-refractivity contribution in [2.45, 2.75) is 58.7 Å². The Balaban J connectivity index is 0.00000199. The number of nitrogens with zero attached hydrogens (tertiary/aromatic N) is 1. The van der Waals surface area contributed by atoms with Crippen LogP contribution < -0.4 is 15.8 Å². The highest BCUT2D eigenvalue weighted by molar-refractivity contribution is 5.95. The lowest BCUT2D eigenvalue weighted by Crippen LogP contribution is -2.44. The van der Waals surface area contributed by atoms with Crippen LogP contribution in [0.1, 0.15) is 57.1 Å². The molecule has 0 bridgehead atoms. The molecule has 1 aliphatic carbocycles. The summed E-state index contributed by atoms with van der Waals surface area (Å²) < 4.78 is 36.9. The van der Waals surface area contributed by atoms with Gasteiger partial charge in [0.1, 0.15) is 0 Å². The van der Waals surface area contributed by atoms with Crippen molar-refractivity contribution in [1.82, 2.24) is 10.9 Å². The first-order chi connectivity index (χ1) is 16.3. The van der Waals surface area contributed by atoms with Gasteiger partial charge in [0.05, 0.1) is 12.2 Å². The highest BCUT2D eigenvalue weighted by atomic mass is 19.4. The van der Waals surface area contributed by atoms with Crippen LogP contribution in [0, 0.1) is 5.92 Å². The van der Waals surface area contributed by atoms with Crippen LogP contribution in [-0.4, -0.2) is 18.0 Å². The third-order valence-corrected chi connectivity index (χ3v) is 5.52. The Bertz CT molecular complexity index is 938. The number of anilines is 1. The van der Waals surface area contributed by atoms with E-state index in [1.165, 1.54) is 0 Å². The molecular formula is C26H32F3N3O2. The Hall–Kier alpha value is -3.29. The third kappa shape index (κ3) is 7.64. The second-order valence-corrected chi connectivity index (χ2v) is 7.85. The Morgan fingerprint density at radius 3 is 2.09 bits per heavy atom. The number of para-hydroxylation sites is 1. The summed E-state index contributed by atoms with van der Waals surface area (Å²) in [5, 5.41) is 0. The molecule has 1 fully saturated rings. The normalized spacial score (nSPS) is 13.8. The van der Waals surface area contributed by atoms with Gasteiger partial charge in [-0.25, -0.2) is 0 Å². The third-order valence-electron chi connectivity index (χ3n) is 5.52. The quantitative estimate of drug-likeness (QED) is 0.484. The van der Waals surface area contributed by atoms with E-state index in [-0.39, 0.29) is 17.5 Å². The van der Waals surface area contributed by atoms with Crippen LogP contribution >= 0.6 is 0 Å². The van der Waals surface area contributed by atoms with Gasteiger partial charge in [-0.15, -0.1) is 0 Å². The van der Waals surface area contributed by atoms with Crippen molar-refractivity contribution in [2.24, 2.45) is 5.92 Å². The van der Waals surface area contributed by atoms with Gasteiger partial charge in [0.25, 0.3) is 0 Å². The zero-order valence-electron chi connectivity index (χ0n) is 19.6. The zero-order valence-corrected chi connectivity index (χ0v) is 19.6. The predicted molar refractivity (Wildman–Crippen MR) is 128 cm³/mol. The molecule has 8 heteroatoms. The molecular weight excluding hydrogens is 443 g/mol. The molecule has 34 heavy (non-hydrogen) atoms. The van der Waals surface area contributed by atoms with E-state index in [1.807, 2.05) is 44.2 Å². The summed E-state index contributed by atoms with van der Waals surface area (Å²) in [5.74, 6) is -1.97. The van der Waals surface area contributed by atoms with Crippen molar-refractivity contribution >= 4 is 23.2 Å². The second-order valence-electron chi connectivity index (χ2n) is 7.85. The molecule has 184 valence electrons. The molecule has 2 aromatic rings. The number of hydrazine groups is 1. The molecule has 2 aromatic carbocycles. The Morgan fingerprint density at radius 1 is 0.941 bits per heavy atom. The van der Waals surface area contributed by atoms with Crippen LogP contribution in [0.3, 0.4) is 0 Å². The number of hydrogen-bond acceptors (Lipinski definition) is 3. The molecule has 0 aliphatic heterocycles. The van der Waals surface area contributed by atoms with Gasteiger partial charge in [0.15, 0.2) is 0 Å². The first-order valence-electron chi connectivity index (χ1n) is 11.5. The van der Waals surface area contributed by atoms with E-state index in [0.717, 1.165) is 43.4 Å². The van der Waals surface area contributed by atoms with Crippen molar-refractivity contribution in [1.29, 1.82) is 0 Å². The maximum absolute atomic E-state index is 13.3. The molecule has 1 aliphatic rings. The van der Waals surface area contributed by atoms with Crippen LogP contribution in [0.4, 0.5) is 18.9 Å². The number of hydrogen-bond donors (Lipinski definition) is 2. The topological polar surface area (TPSA) is 61.4 Å². The van der Waals surface area contributed by atoms with E-state index >= 15 is 0 Å². The molecule has 0 unspecified atom stereocenters. The minimum absolute atomic E-state index is 0.0180. The number of rotatable bonds is 7. The average molecular weight is 476 g/mol. The maximum atomic E-state index is 13.3. The number of nitrogens with one attached hydrogen (secondary N) is 2. The minimum Gasteiger partial charge on any atom is -0.308 e. The van der Waals surface area contributed by atoms with E-state index in [9.17, 15) is 22.8 Å². The van der Waals surface area contributed by atoms with Crippen LogP contribution in [-0.2, 0) is 16.1 Å². The van der Waals surface area contributed by atoms with Gasteiger partial charge in [0.2, 0.25) is 5.91 Å². The van der Waals surface area contributed by atoms with Crippen LogP contribution in [0.15, 0.2) is 61.2 Å². The van der Waals surface area contributed by atoms with Crippen molar-refractivity contribution in [3.8, 4) is 0 Å². The molecule has 0 atom stereocenters. The first kappa shape index (κ1) is 27.0. The molecule has 3 rings (SSSR count). The molecule has 2 N–H and O–H groups in total. The van der Waals surface area contributed by atoms with Crippen LogP contribution in [0.25, 0.3) is 5.70 Å². The summed E-state index contributed by atoms with van der Waals surface area (Å²) >= 11 is 0. The standard InChI is InChI=1S/C24H26F3N3O2.C2H6/c1-17(28-29-23(32)24(25,26)27)19-14-12-18(13-15-19)16-30(21-10-6-3-7-11-21)22(31)20-8-4-2-5-9-20;1-2/h3,6-7,10-15,20,28H,1-2,4-5,8-9,16H2,(H,29,32);1-2H3. The fraction of sp³-hybridized carbons (Fsp3) is 0.385. The fourth-order valence-corrected chi connectivity index (χ4v) is 3.74. The molecule has 0 heterocycles. The number of carbonyl (C=O) groups is 2. The summed E-state index contributed by atoms with van der Waals surface area (Å²) in [6.45, 7) is 8.03. The van der Waals surface area contributed by atoms with E-state index in [4.69, 9.17) is 0 Å². The van der Waals surface area contributed by atoms with Crippen LogP contribution in [0.2, 0.25) is 0 Å². The summed E-state index contributed by atoms with van der Waals surface area (Å²) in [6, 6.07) is 16.4. The lowest BCUT2D eigenvalue weighted by Gasteiger charge is -2.29. The van der Waals surface area contributed by atoms with Gasteiger partial charge in [-0.3, -0.25) is 20.4 Å². The average Bonchev–Trinajstić information content (AvgIpc) is 2.87.